The number of rotatable bonds is 8. The predicted octanol–water partition coefficient (Wildman–Crippen LogP) is 2.64. The van der Waals surface area contributed by atoms with Gasteiger partial charge in [-0.3, -0.25) is 0 Å². The number of nitrogens with two attached hydrogens (primary N) is 1. The summed E-state index contributed by atoms with van der Waals surface area (Å²) in [5.41, 5.74) is 7.19. The van der Waals surface area contributed by atoms with Crippen molar-refractivity contribution in [1.29, 1.82) is 0 Å². The molecule has 0 saturated carbocycles. The molecule has 3 rings (SSSR count). The minimum atomic E-state index is -2.97. The molecule has 0 fully saturated rings. The lowest BCUT2D eigenvalue weighted by atomic mass is 10.1. The highest BCUT2D eigenvalue weighted by molar-refractivity contribution is 5.78. The largest absolute Gasteiger partial charge is 0.493 e. The molecule has 156 valence electrons. The van der Waals surface area contributed by atoms with Gasteiger partial charge in [0.1, 0.15) is 5.75 Å². The van der Waals surface area contributed by atoms with Gasteiger partial charge >= 0.3 is 6.61 Å². The van der Waals surface area contributed by atoms with Gasteiger partial charge in [-0.2, -0.15) is 8.78 Å². The first-order valence-corrected chi connectivity index (χ1v) is 8.62. The van der Waals surface area contributed by atoms with Gasteiger partial charge in [-0.05, 0) is 23.8 Å². The number of alkyl halides is 2. The molecule has 0 spiro atoms. The molecule has 0 bridgehead atoms. The van der Waals surface area contributed by atoms with E-state index in [-0.39, 0.29) is 25.0 Å². The number of hydrogen-bond acceptors (Lipinski definition) is 6. The molecular weight excluding hydrogens is 388 g/mol. The molecule has 0 atom stereocenters. The van der Waals surface area contributed by atoms with Crippen molar-refractivity contribution >= 4 is 5.96 Å². The normalized spacial score (nSPS) is 12.8. The van der Waals surface area contributed by atoms with Gasteiger partial charge in [0.25, 0.3) is 0 Å². The zero-order valence-corrected chi connectivity index (χ0v) is 15.9. The summed E-state index contributed by atoms with van der Waals surface area (Å²) in [5, 5.41) is 2.88. The van der Waals surface area contributed by atoms with Crippen molar-refractivity contribution < 1.29 is 32.5 Å². The maximum absolute atomic E-state index is 12.7. The second-order valence-corrected chi connectivity index (χ2v) is 5.94. The number of guanidine groups is 1. The van der Waals surface area contributed by atoms with Crippen LogP contribution in [0.3, 0.4) is 0 Å². The maximum atomic E-state index is 12.7. The second kappa shape index (κ2) is 9.18. The van der Waals surface area contributed by atoms with E-state index in [1.54, 1.807) is 32.4 Å². The zero-order chi connectivity index (χ0) is 20.8. The molecule has 2 aromatic rings. The zero-order valence-electron chi connectivity index (χ0n) is 15.9. The molecule has 10 heteroatoms. The summed E-state index contributed by atoms with van der Waals surface area (Å²) in [6.45, 7) is -2.54. The molecule has 1 aliphatic rings. The quantitative estimate of drug-likeness (QED) is 0.511. The van der Waals surface area contributed by atoms with Crippen molar-refractivity contribution in [3.8, 4) is 28.7 Å². The van der Waals surface area contributed by atoms with E-state index in [0.717, 1.165) is 5.56 Å². The number of nitrogens with one attached hydrogen (secondary N) is 1. The number of methoxy groups -OCH3 is 2. The number of halogens is 2. The lowest BCUT2D eigenvalue weighted by molar-refractivity contribution is -0.0505. The van der Waals surface area contributed by atoms with E-state index in [1.807, 2.05) is 6.07 Å². The van der Waals surface area contributed by atoms with Crippen molar-refractivity contribution in [3.05, 3.63) is 41.5 Å². The van der Waals surface area contributed by atoms with Crippen LogP contribution in [0.1, 0.15) is 11.1 Å². The third-order valence-corrected chi connectivity index (χ3v) is 4.11. The number of ether oxygens (including phenoxy) is 5. The Hall–Kier alpha value is -3.43. The van der Waals surface area contributed by atoms with E-state index in [9.17, 15) is 8.78 Å². The Morgan fingerprint density at radius 2 is 1.83 bits per heavy atom. The smallest absolute Gasteiger partial charge is 0.387 e. The SMILES string of the molecule is COc1ccc(CN=C(N)NCc2cc3c(cc2OC(F)F)OCO3)cc1OC. The van der Waals surface area contributed by atoms with Crippen molar-refractivity contribution in [2.45, 2.75) is 19.7 Å². The average Bonchev–Trinajstić information content (AvgIpc) is 3.17. The highest BCUT2D eigenvalue weighted by Crippen LogP contribution is 2.38. The third-order valence-electron chi connectivity index (χ3n) is 4.11. The Morgan fingerprint density at radius 1 is 1.10 bits per heavy atom. The van der Waals surface area contributed by atoms with Crippen LogP contribution in [0.15, 0.2) is 35.3 Å². The Bertz CT molecular complexity index is 892. The van der Waals surface area contributed by atoms with Crippen LogP contribution >= 0.6 is 0 Å². The Balaban J connectivity index is 1.66. The van der Waals surface area contributed by atoms with Gasteiger partial charge in [0.2, 0.25) is 6.79 Å². The third kappa shape index (κ3) is 5.09. The fourth-order valence-corrected chi connectivity index (χ4v) is 2.71. The average molecular weight is 409 g/mol. The summed E-state index contributed by atoms with van der Waals surface area (Å²) in [5.74, 6) is 2.11. The molecule has 1 aliphatic heterocycles. The van der Waals surface area contributed by atoms with Crippen LogP contribution in [-0.4, -0.2) is 33.6 Å². The molecular formula is C19H21F2N3O5. The number of nitrogens with zero attached hydrogens (tertiary/aromatic N) is 1. The van der Waals surface area contributed by atoms with Crippen molar-refractivity contribution in [3.63, 3.8) is 0 Å². The van der Waals surface area contributed by atoms with Crippen LogP contribution in [0.4, 0.5) is 8.78 Å². The maximum Gasteiger partial charge on any atom is 0.387 e. The highest BCUT2D eigenvalue weighted by atomic mass is 19.3. The molecule has 1 heterocycles. The van der Waals surface area contributed by atoms with Crippen molar-refractivity contribution in [1.82, 2.24) is 5.32 Å². The van der Waals surface area contributed by atoms with E-state index in [0.29, 0.717) is 35.1 Å². The Kier molecular flexibility index (Phi) is 6.43. The van der Waals surface area contributed by atoms with Gasteiger partial charge in [-0.25, -0.2) is 4.99 Å². The van der Waals surface area contributed by atoms with E-state index in [2.05, 4.69) is 15.0 Å². The molecule has 3 N–H and O–H groups in total. The molecule has 2 aromatic carbocycles. The molecule has 0 saturated heterocycles. The summed E-state index contributed by atoms with van der Waals surface area (Å²) < 4.78 is 50.9. The molecule has 8 nitrogen and oxygen atoms in total. The first-order valence-electron chi connectivity index (χ1n) is 8.62. The summed E-state index contributed by atoms with van der Waals surface area (Å²) in [7, 11) is 3.10. The van der Waals surface area contributed by atoms with E-state index in [1.165, 1.54) is 6.07 Å². The highest BCUT2D eigenvalue weighted by Gasteiger charge is 2.20. The molecule has 0 radical (unpaired) electrons. The molecule has 0 aliphatic carbocycles. The Labute approximate surface area is 166 Å². The standard InChI is InChI=1S/C19H21F2N3O5/c1-25-13-4-3-11(5-15(13)26-2)8-23-19(22)24-9-12-6-16-17(28-10-27-16)7-14(12)29-18(20)21/h3-7,18H,8-10H2,1-2H3,(H3,22,23,24). The summed E-state index contributed by atoms with van der Waals surface area (Å²) in [6.07, 6.45) is 0. The topological polar surface area (TPSA) is 96.6 Å². The number of benzene rings is 2. The number of fused-ring (bicyclic) bond motifs is 1. The van der Waals surface area contributed by atoms with Crippen LogP contribution in [-0.2, 0) is 13.1 Å². The second-order valence-electron chi connectivity index (χ2n) is 5.94. The van der Waals surface area contributed by atoms with Gasteiger partial charge in [-0.1, -0.05) is 6.07 Å². The fraction of sp³-hybridized carbons (Fsp3) is 0.316. The van der Waals surface area contributed by atoms with Crippen LogP contribution in [0.5, 0.6) is 28.7 Å². The van der Waals surface area contributed by atoms with Gasteiger partial charge in [0, 0.05) is 18.2 Å². The van der Waals surface area contributed by atoms with Crippen LogP contribution < -0.4 is 34.7 Å². The van der Waals surface area contributed by atoms with Crippen molar-refractivity contribution in [2.75, 3.05) is 21.0 Å². The van der Waals surface area contributed by atoms with Crippen LogP contribution in [0.2, 0.25) is 0 Å². The van der Waals surface area contributed by atoms with Crippen molar-refractivity contribution in [2.24, 2.45) is 10.7 Å². The summed E-state index contributed by atoms with van der Waals surface area (Å²) in [4.78, 5) is 4.25. The lowest BCUT2D eigenvalue weighted by Gasteiger charge is -2.13. The minimum Gasteiger partial charge on any atom is -0.493 e. The monoisotopic (exact) mass is 409 g/mol. The summed E-state index contributed by atoms with van der Waals surface area (Å²) in [6, 6.07) is 8.33. The van der Waals surface area contributed by atoms with Gasteiger partial charge in [0.15, 0.2) is 29.0 Å². The fourth-order valence-electron chi connectivity index (χ4n) is 2.71. The molecule has 0 amide bonds. The predicted molar refractivity (Wildman–Crippen MR) is 101 cm³/mol. The first-order chi connectivity index (χ1) is 14.0. The van der Waals surface area contributed by atoms with Crippen LogP contribution in [0, 0.1) is 0 Å². The van der Waals surface area contributed by atoms with Gasteiger partial charge < -0.3 is 34.7 Å². The minimum absolute atomic E-state index is 0.0231. The van der Waals surface area contributed by atoms with E-state index < -0.39 is 6.61 Å². The number of hydrogen-bond donors (Lipinski definition) is 2. The molecule has 29 heavy (non-hydrogen) atoms. The van der Waals surface area contributed by atoms with E-state index >= 15 is 0 Å². The first kappa shape index (κ1) is 20.3. The van der Waals surface area contributed by atoms with Crippen LogP contribution in [0.25, 0.3) is 0 Å². The Morgan fingerprint density at radius 3 is 2.52 bits per heavy atom. The van der Waals surface area contributed by atoms with E-state index in [4.69, 9.17) is 24.7 Å². The van der Waals surface area contributed by atoms with Gasteiger partial charge in [0.05, 0.1) is 20.8 Å². The van der Waals surface area contributed by atoms with Gasteiger partial charge in [-0.15, -0.1) is 0 Å². The molecule has 0 aromatic heterocycles. The lowest BCUT2D eigenvalue weighted by Crippen LogP contribution is -2.31. The molecule has 0 unspecified atom stereocenters. The number of aliphatic imine (C=N–C) groups is 1. The summed E-state index contributed by atoms with van der Waals surface area (Å²) >= 11 is 0.